The van der Waals surface area contributed by atoms with E-state index in [1.54, 1.807) is 0 Å². The average molecular weight is 509 g/mol. The summed E-state index contributed by atoms with van der Waals surface area (Å²) in [7, 11) is 0. The molecule has 0 amide bonds. The van der Waals surface area contributed by atoms with Gasteiger partial charge in [0.1, 0.15) is 0 Å². The highest BCUT2D eigenvalue weighted by Crippen LogP contribution is 2.31. The number of ether oxygens (including phenoxy) is 2. The van der Waals surface area contributed by atoms with Gasteiger partial charge in [-0.2, -0.15) is 0 Å². The first-order valence-corrected chi connectivity index (χ1v) is 15.6. The van der Waals surface area contributed by atoms with Gasteiger partial charge in [-0.1, -0.05) is 80.1 Å². The van der Waals surface area contributed by atoms with Crippen molar-refractivity contribution in [3.8, 4) is 0 Å². The minimum atomic E-state index is -0.0621. The van der Waals surface area contributed by atoms with E-state index in [2.05, 4.69) is 41.5 Å². The van der Waals surface area contributed by atoms with Gasteiger partial charge in [0.05, 0.1) is 25.0 Å². The van der Waals surface area contributed by atoms with Gasteiger partial charge >= 0.3 is 11.9 Å². The average Bonchev–Trinajstić information content (AvgIpc) is 2.86. The highest BCUT2D eigenvalue weighted by atomic mass is 16.5. The Morgan fingerprint density at radius 2 is 0.889 bits per heavy atom. The molecule has 0 aliphatic heterocycles. The minimum absolute atomic E-state index is 0.0453. The van der Waals surface area contributed by atoms with Crippen LogP contribution in [0, 0.1) is 35.5 Å². The standard InChI is InChI=1S/C32H60O4/c1-7-9-13-25(3)23-27(5)15-11-21-35-31(33)29-17-19-30(20-18-29)32(34)36-22-12-16-28(6)24-26(4)14-10-8-2/h25-30H,7-24H2,1-6H3. The Kier molecular flexibility index (Phi) is 18.3. The van der Waals surface area contributed by atoms with Crippen molar-refractivity contribution in [2.45, 2.75) is 144 Å². The van der Waals surface area contributed by atoms with Crippen LogP contribution in [-0.2, 0) is 19.1 Å². The molecule has 212 valence electrons. The zero-order valence-electron chi connectivity index (χ0n) is 24.8. The maximum Gasteiger partial charge on any atom is 0.308 e. The summed E-state index contributed by atoms with van der Waals surface area (Å²) in [5.41, 5.74) is 0. The van der Waals surface area contributed by atoms with E-state index in [4.69, 9.17) is 9.47 Å². The van der Waals surface area contributed by atoms with Crippen LogP contribution in [0.15, 0.2) is 0 Å². The molecule has 4 nitrogen and oxygen atoms in total. The second-order valence-corrected chi connectivity index (χ2v) is 12.3. The van der Waals surface area contributed by atoms with E-state index < -0.39 is 0 Å². The molecular formula is C32H60O4. The normalized spacial score (nSPS) is 21.4. The van der Waals surface area contributed by atoms with E-state index in [-0.39, 0.29) is 23.8 Å². The molecule has 0 aromatic carbocycles. The van der Waals surface area contributed by atoms with Gasteiger partial charge in [-0.3, -0.25) is 9.59 Å². The van der Waals surface area contributed by atoms with Crippen molar-refractivity contribution in [1.82, 2.24) is 0 Å². The summed E-state index contributed by atoms with van der Waals surface area (Å²) in [4.78, 5) is 25.0. The molecule has 4 heteroatoms. The third-order valence-corrected chi connectivity index (χ3v) is 8.28. The first-order valence-electron chi connectivity index (χ1n) is 15.6. The third-order valence-electron chi connectivity index (χ3n) is 8.28. The second-order valence-electron chi connectivity index (χ2n) is 12.3. The molecule has 0 N–H and O–H groups in total. The van der Waals surface area contributed by atoms with Crippen molar-refractivity contribution in [1.29, 1.82) is 0 Å². The monoisotopic (exact) mass is 508 g/mol. The summed E-state index contributed by atoms with van der Waals surface area (Å²) < 4.78 is 11.2. The van der Waals surface area contributed by atoms with E-state index in [9.17, 15) is 9.59 Å². The molecule has 1 aliphatic rings. The third kappa shape index (κ3) is 15.3. The van der Waals surface area contributed by atoms with Gasteiger partial charge < -0.3 is 9.47 Å². The van der Waals surface area contributed by atoms with Crippen molar-refractivity contribution >= 4 is 11.9 Å². The highest BCUT2D eigenvalue weighted by Gasteiger charge is 2.31. The molecule has 0 saturated heterocycles. The Balaban J connectivity index is 2.12. The number of carbonyl (C=O) groups is 2. The van der Waals surface area contributed by atoms with Crippen LogP contribution in [-0.4, -0.2) is 25.2 Å². The summed E-state index contributed by atoms with van der Waals surface area (Å²) >= 11 is 0. The lowest BCUT2D eigenvalue weighted by Gasteiger charge is -2.26. The fraction of sp³-hybridized carbons (Fsp3) is 0.938. The Hall–Kier alpha value is -1.06. The Labute approximate surface area is 224 Å². The van der Waals surface area contributed by atoms with Crippen LogP contribution in [0.5, 0.6) is 0 Å². The van der Waals surface area contributed by atoms with Crippen molar-refractivity contribution in [2.24, 2.45) is 35.5 Å². The maximum atomic E-state index is 12.5. The van der Waals surface area contributed by atoms with Crippen molar-refractivity contribution in [3.05, 3.63) is 0 Å². The van der Waals surface area contributed by atoms with E-state index in [1.807, 2.05) is 0 Å². The molecule has 0 bridgehead atoms. The van der Waals surface area contributed by atoms with Gasteiger partial charge in [0.15, 0.2) is 0 Å². The minimum Gasteiger partial charge on any atom is -0.465 e. The predicted octanol–water partition coefficient (Wildman–Crippen LogP) is 9.14. The number of rotatable bonds is 20. The van der Waals surface area contributed by atoms with Crippen LogP contribution in [0.25, 0.3) is 0 Å². The first kappa shape index (κ1) is 33.0. The van der Waals surface area contributed by atoms with Gasteiger partial charge in [0.25, 0.3) is 0 Å². The topological polar surface area (TPSA) is 52.6 Å². The highest BCUT2D eigenvalue weighted by molar-refractivity contribution is 5.75. The molecule has 4 atom stereocenters. The summed E-state index contributed by atoms with van der Waals surface area (Å²) in [6.07, 6.45) is 17.5. The molecule has 0 heterocycles. The zero-order chi connectivity index (χ0) is 26.8. The van der Waals surface area contributed by atoms with Crippen molar-refractivity contribution in [3.63, 3.8) is 0 Å². The summed E-state index contributed by atoms with van der Waals surface area (Å²) in [5, 5.41) is 0. The Morgan fingerprint density at radius 3 is 1.19 bits per heavy atom. The van der Waals surface area contributed by atoms with Crippen LogP contribution in [0.1, 0.15) is 144 Å². The van der Waals surface area contributed by atoms with Gasteiger partial charge in [0, 0.05) is 0 Å². The van der Waals surface area contributed by atoms with E-state index in [0.29, 0.717) is 25.0 Å². The first-order chi connectivity index (χ1) is 17.3. The number of carbonyl (C=O) groups excluding carboxylic acids is 2. The van der Waals surface area contributed by atoms with E-state index >= 15 is 0 Å². The largest absolute Gasteiger partial charge is 0.465 e. The number of esters is 2. The zero-order valence-corrected chi connectivity index (χ0v) is 24.8. The maximum absolute atomic E-state index is 12.5. The predicted molar refractivity (Wildman–Crippen MR) is 151 cm³/mol. The summed E-state index contributed by atoms with van der Waals surface area (Å²) in [6.45, 7) is 14.9. The molecule has 0 aromatic rings. The molecular weight excluding hydrogens is 448 g/mol. The quantitative estimate of drug-likeness (QED) is 0.121. The van der Waals surface area contributed by atoms with Gasteiger partial charge in [-0.25, -0.2) is 0 Å². The number of hydrogen-bond donors (Lipinski definition) is 0. The van der Waals surface area contributed by atoms with Gasteiger partial charge in [0.2, 0.25) is 0 Å². The van der Waals surface area contributed by atoms with E-state index in [1.165, 1.54) is 51.4 Å². The smallest absolute Gasteiger partial charge is 0.308 e. The SMILES string of the molecule is CCCCC(C)CC(C)CCCOC(=O)C1CCC(C(=O)OCCCC(C)CC(C)CCCC)CC1. The molecule has 1 saturated carbocycles. The molecule has 4 unspecified atom stereocenters. The van der Waals surface area contributed by atoms with Crippen LogP contribution in [0.4, 0.5) is 0 Å². The molecule has 0 radical (unpaired) electrons. The molecule has 0 aromatic heterocycles. The lowest BCUT2D eigenvalue weighted by Crippen LogP contribution is -2.28. The molecule has 1 rings (SSSR count). The van der Waals surface area contributed by atoms with Crippen molar-refractivity contribution < 1.29 is 19.1 Å². The molecule has 1 fully saturated rings. The summed E-state index contributed by atoms with van der Waals surface area (Å²) in [6, 6.07) is 0. The molecule has 1 aliphatic carbocycles. The molecule has 0 spiro atoms. The Bertz CT molecular complexity index is 517. The lowest BCUT2D eigenvalue weighted by atomic mass is 9.82. The fourth-order valence-corrected chi connectivity index (χ4v) is 5.96. The summed E-state index contributed by atoms with van der Waals surface area (Å²) in [5.74, 6) is 2.74. The van der Waals surface area contributed by atoms with Gasteiger partial charge in [-0.15, -0.1) is 0 Å². The van der Waals surface area contributed by atoms with Crippen LogP contribution >= 0.6 is 0 Å². The number of unbranched alkanes of at least 4 members (excludes halogenated alkanes) is 2. The van der Waals surface area contributed by atoms with Gasteiger partial charge in [-0.05, 0) is 87.9 Å². The fourth-order valence-electron chi connectivity index (χ4n) is 5.96. The van der Waals surface area contributed by atoms with E-state index in [0.717, 1.165) is 63.2 Å². The van der Waals surface area contributed by atoms with Crippen LogP contribution in [0.2, 0.25) is 0 Å². The Morgan fingerprint density at radius 1 is 0.583 bits per heavy atom. The molecule has 36 heavy (non-hydrogen) atoms. The van der Waals surface area contributed by atoms with Crippen molar-refractivity contribution in [2.75, 3.05) is 13.2 Å². The second kappa shape index (κ2) is 20.0. The lowest BCUT2D eigenvalue weighted by molar-refractivity contribution is -0.155. The number of hydrogen-bond acceptors (Lipinski definition) is 4. The van der Waals surface area contributed by atoms with Crippen LogP contribution < -0.4 is 0 Å². The van der Waals surface area contributed by atoms with Crippen LogP contribution in [0.3, 0.4) is 0 Å².